The highest BCUT2D eigenvalue weighted by Crippen LogP contribution is 2.27. The summed E-state index contributed by atoms with van der Waals surface area (Å²) in [7, 11) is 0. The minimum Gasteiger partial charge on any atom is -0.456 e. The molecule has 0 aliphatic rings. The summed E-state index contributed by atoms with van der Waals surface area (Å²) in [5.74, 6) is 0.678. The molecule has 2 aromatic carbocycles. The molecular formula is C26H28O2. The molecule has 0 N–H and O–H groups in total. The summed E-state index contributed by atoms with van der Waals surface area (Å²) in [5, 5.41) is 0.649. The molecule has 144 valence electrons. The molecule has 0 radical (unpaired) electrons. The molecule has 0 saturated heterocycles. The first kappa shape index (κ1) is 19.9. The minimum absolute atomic E-state index is 0.0634. The van der Waals surface area contributed by atoms with Crippen LogP contribution in [0.5, 0.6) is 0 Å². The van der Waals surface area contributed by atoms with Gasteiger partial charge in [-0.05, 0) is 64.7 Å². The van der Waals surface area contributed by atoms with E-state index >= 15 is 0 Å². The maximum Gasteiger partial charge on any atom is 0.196 e. The highest BCUT2D eigenvalue weighted by molar-refractivity contribution is 5.81. The Morgan fingerprint density at radius 2 is 1.75 bits per heavy atom. The van der Waals surface area contributed by atoms with Crippen LogP contribution in [0, 0.1) is 6.92 Å². The lowest BCUT2D eigenvalue weighted by Crippen LogP contribution is -2.11. The molecule has 1 aromatic heterocycles. The van der Waals surface area contributed by atoms with Crippen LogP contribution in [0.15, 0.2) is 81.0 Å². The van der Waals surface area contributed by atoms with Gasteiger partial charge in [-0.2, -0.15) is 0 Å². The van der Waals surface area contributed by atoms with E-state index in [9.17, 15) is 4.79 Å². The van der Waals surface area contributed by atoms with Crippen molar-refractivity contribution in [1.29, 1.82) is 0 Å². The molecule has 0 aliphatic heterocycles. The average Bonchev–Trinajstić information content (AvgIpc) is 2.67. The molecule has 3 aromatic rings. The van der Waals surface area contributed by atoms with Gasteiger partial charge >= 0.3 is 0 Å². The summed E-state index contributed by atoms with van der Waals surface area (Å²) in [4.78, 5) is 13.3. The predicted octanol–water partition coefficient (Wildman–Crippen LogP) is 7.00. The lowest BCUT2D eigenvalue weighted by Gasteiger charge is -2.10. The summed E-state index contributed by atoms with van der Waals surface area (Å²) >= 11 is 0. The molecule has 28 heavy (non-hydrogen) atoms. The molecule has 0 amide bonds. The number of allylic oxidation sites excluding steroid dienone is 4. The summed E-state index contributed by atoms with van der Waals surface area (Å²) < 4.78 is 6.25. The lowest BCUT2D eigenvalue weighted by molar-refractivity contribution is 0.611. The first-order chi connectivity index (χ1) is 13.5. The molecule has 0 atom stereocenters. The van der Waals surface area contributed by atoms with Gasteiger partial charge < -0.3 is 4.42 Å². The van der Waals surface area contributed by atoms with E-state index in [1.54, 1.807) is 0 Å². The molecule has 0 spiro atoms. The van der Waals surface area contributed by atoms with Crippen LogP contribution >= 0.6 is 0 Å². The number of aryl methyl sites for hydroxylation is 1. The average molecular weight is 373 g/mol. The van der Waals surface area contributed by atoms with Crippen molar-refractivity contribution in [2.75, 3.05) is 0 Å². The highest BCUT2D eigenvalue weighted by Gasteiger charge is 2.15. The SMILES string of the molecule is CC(C)=CCC/C(C)=C/Cc1c(-c2ccccc2)oc2cc(C)ccc2c1=O. The summed E-state index contributed by atoms with van der Waals surface area (Å²) in [5.41, 5.74) is 6.09. The number of hydrogen-bond donors (Lipinski definition) is 0. The van der Waals surface area contributed by atoms with Crippen LogP contribution in [-0.2, 0) is 6.42 Å². The van der Waals surface area contributed by atoms with Crippen molar-refractivity contribution >= 4 is 11.0 Å². The minimum atomic E-state index is 0.0634. The number of hydrogen-bond acceptors (Lipinski definition) is 2. The van der Waals surface area contributed by atoms with E-state index in [1.165, 1.54) is 11.1 Å². The van der Waals surface area contributed by atoms with Gasteiger partial charge in [0.05, 0.1) is 5.39 Å². The summed E-state index contributed by atoms with van der Waals surface area (Å²) in [6.07, 6.45) is 7.03. The smallest absolute Gasteiger partial charge is 0.196 e. The maximum atomic E-state index is 13.3. The first-order valence-electron chi connectivity index (χ1n) is 9.86. The maximum absolute atomic E-state index is 13.3. The van der Waals surface area contributed by atoms with E-state index in [1.807, 2.05) is 55.5 Å². The molecule has 0 bridgehead atoms. The quantitative estimate of drug-likeness (QED) is 0.436. The van der Waals surface area contributed by atoms with Crippen molar-refractivity contribution in [1.82, 2.24) is 0 Å². The third kappa shape index (κ3) is 4.69. The van der Waals surface area contributed by atoms with Crippen LogP contribution in [0.4, 0.5) is 0 Å². The molecular weight excluding hydrogens is 344 g/mol. The van der Waals surface area contributed by atoms with Crippen LogP contribution in [0.3, 0.4) is 0 Å². The van der Waals surface area contributed by atoms with Crippen molar-refractivity contribution in [3.05, 3.63) is 93.2 Å². The molecule has 2 heteroatoms. The zero-order valence-electron chi connectivity index (χ0n) is 17.2. The van der Waals surface area contributed by atoms with Crippen molar-refractivity contribution < 1.29 is 4.42 Å². The van der Waals surface area contributed by atoms with E-state index in [0.717, 1.165) is 29.5 Å². The van der Waals surface area contributed by atoms with Gasteiger partial charge in [0, 0.05) is 11.1 Å². The molecule has 0 unspecified atom stereocenters. The van der Waals surface area contributed by atoms with Crippen molar-refractivity contribution in [2.24, 2.45) is 0 Å². The van der Waals surface area contributed by atoms with Gasteiger partial charge in [-0.25, -0.2) is 0 Å². The first-order valence-corrected chi connectivity index (χ1v) is 9.86. The predicted molar refractivity (Wildman–Crippen MR) is 119 cm³/mol. The molecule has 0 saturated carbocycles. The van der Waals surface area contributed by atoms with Crippen LogP contribution in [0.25, 0.3) is 22.3 Å². The fourth-order valence-electron chi connectivity index (χ4n) is 3.31. The van der Waals surface area contributed by atoms with E-state index in [0.29, 0.717) is 23.2 Å². The summed E-state index contributed by atoms with van der Waals surface area (Å²) in [6, 6.07) is 15.7. The molecule has 0 aliphatic carbocycles. The second-order valence-electron chi connectivity index (χ2n) is 7.68. The van der Waals surface area contributed by atoms with Gasteiger partial charge in [-0.15, -0.1) is 0 Å². The van der Waals surface area contributed by atoms with Crippen molar-refractivity contribution in [3.63, 3.8) is 0 Å². The van der Waals surface area contributed by atoms with E-state index in [4.69, 9.17) is 4.42 Å². The Balaban J connectivity index is 2.04. The van der Waals surface area contributed by atoms with Gasteiger partial charge in [0.25, 0.3) is 0 Å². The van der Waals surface area contributed by atoms with E-state index in [-0.39, 0.29) is 5.43 Å². The Hall–Kier alpha value is -2.87. The van der Waals surface area contributed by atoms with Gasteiger partial charge in [0.15, 0.2) is 5.43 Å². The van der Waals surface area contributed by atoms with Crippen LogP contribution < -0.4 is 5.43 Å². The van der Waals surface area contributed by atoms with Crippen LogP contribution in [0.2, 0.25) is 0 Å². The third-order valence-electron chi connectivity index (χ3n) is 4.92. The molecule has 2 nitrogen and oxygen atoms in total. The Labute approximate surface area is 167 Å². The van der Waals surface area contributed by atoms with Gasteiger partial charge in [0.1, 0.15) is 11.3 Å². The normalized spacial score (nSPS) is 11.6. The zero-order valence-corrected chi connectivity index (χ0v) is 17.2. The fraction of sp³-hybridized carbons (Fsp3) is 0.269. The number of benzene rings is 2. The molecule has 0 fully saturated rings. The molecule has 3 rings (SSSR count). The topological polar surface area (TPSA) is 30.2 Å². The van der Waals surface area contributed by atoms with Crippen LogP contribution in [0.1, 0.15) is 44.7 Å². The second kappa shape index (κ2) is 8.88. The second-order valence-corrected chi connectivity index (χ2v) is 7.68. The summed E-state index contributed by atoms with van der Waals surface area (Å²) in [6.45, 7) is 8.38. The van der Waals surface area contributed by atoms with Crippen LogP contribution in [-0.4, -0.2) is 0 Å². The third-order valence-corrected chi connectivity index (χ3v) is 4.92. The van der Waals surface area contributed by atoms with Gasteiger partial charge in [-0.1, -0.05) is 59.7 Å². The van der Waals surface area contributed by atoms with Crippen molar-refractivity contribution in [3.8, 4) is 11.3 Å². The van der Waals surface area contributed by atoms with Gasteiger partial charge in [0.2, 0.25) is 0 Å². The standard InChI is InChI=1S/C26H28O2/c1-18(2)9-8-10-19(3)13-16-23-25(27)22-15-14-20(4)17-24(22)28-26(23)21-11-6-5-7-12-21/h5-7,9,11-15,17H,8,10,16H2,1-4H3/b19-13+. The largest absolute Gasteiger partial charge is 0.456 e. The van der Waals surface area contributed by atoms with E-state index < -0.39 is 0 Å². The van der Waals surface area contributed by atoms with E-state index in [2.05, 4.69) is 32.9 Å². The Morgan fingerprint density at radius 1 is 1.00 bits per heavy atom. The monoisotopic (exact) mass is 372 g/mol. The van der Waals surface area contributed by atoms with Crippen molar-refractivity contribution in [2.45, 2.75) is 47.0 Å². The Bertz CT molecular complexity index is 1080. The molecule has 1 heterocycles. The number of fused-ring (bicyclic) bond motifs is 1. The Kier molecular flexibility index (Phi) is 6.30. The fourth-order valence-corrected chi connectivity index (χ4v) is 3.31. The lowest BCUT2D eigenvalue weighted by atomic mass is 10.00. The zero-order chi connectivity index (χ0) is 20.1. The van der Waals surface area contributed by atoms with Gasteiger partial charge in [-0.3, -0.25) is 4.79 Å². The Morgan fingerprint density at radius 3 is 2.46 bits per heavy atom. The highest BCUT2D eigenvalue weighted by atomic mass is 16.3. The number of rotatable bonds is 6.